The zero-order valence-electron chi connectivity index (χ0n) is 14.6. The number of amidine groups is 1. The molecule has 2 aliphatic heterocycles. The van der Waals surface area contributed by atoms with Crippen LogP contribution in [0, 0.1) is 0 Å². The Morgan fingerprint density at radius 2 is 2.07 bits per heavy atom. The zero-order chi connectivity index (χ0) is 18.2. The van der Waals surface area contributed by atoms with Crippen LogP contribution in [0.4, 0.5) is 5.82 Å². The maximum Gasteiger partial charge on any atom is 0.182 e. The van der Waals surface area contributed by atoms with Gasteiger partial charge < -0.3 is 15.2 Å². The van der Waals surface area contributed by atoms with E-state index in [-0.39, 0.29) is 6.04 Å². The Labute approximate surface area is 160 Å². The summed E-state index contributed by atoms with van der Waals surface area (Å²) < 4.78 is 0. The van der Waals surface area contributed by atoms with Crippen molar-refractivity contribution in [2.45, 2.75) is 13.0 Å². The maximum atomic E-state index is 4.96. The van der Waals surface area contributed by atoms with Gasteiger partial charge in [0.25, 0.3) is 0 Å². The molecule has 8 heteroatoms. The summed E-state index contributed by atoms with van der Waals surface area (Å²) in [5.74, 6) is 0.727. The van der Waals surface area contributed by atoms with Gasteiger partial charge in [-0.05, 0) is 17.9 Å². The fourth-order valence-electron chi connectivity index (χ4n) is 3.31. The van der Waals surface area contributed by atoms with Crippen molar-refractivity contribution in [2.75, 3.05) is 11.9 Å². The van der Waals surface area contributed by atoms with Crippen LogP contribution < -0.4 is 5.32 Å². The minimum absolute atomic E-state index is 0.0301. The molecular formula is C19H17N7S. The monoisotopic (exact) mass is 375 g/mol. The third-order valence-electron chi connectivity index (χ3n) is 4.62. The van der Waals surface area contributed by atoms with Crippen molar-refractivity contribution >= 4 is 39.5 Å². The molecule has 2 aromatic heterocycles. The van der Waals surface area contributed by atoms with Crippen LogP contribution in [-0.2, 0) is 0 Å². The predicted molar refractivity (Wildman–Crippen MR) is 109 cm³/mol. The van der Waals surface area contributed by atoms with E-state index in [2.05, 4.69) is 72.9 Å². The summed E-state index contributed by atoms with van der Waals surface area (Å²) in [6, 6.07) is 10.4. The van der Waals surface area contributed by atoms with Crippen molar-refractivity contribution in [1.82, 2.24) is 24.8 Å². The highest BCUT2D eigenvalue weighted by Gasteiger charge is 2.27. The number of nitrogens with zero attached hydrogens (tertiary/aromatic N) is 5. The van der Waals surface area contributed by atoms with Gasteiger partial charge in [-0.2, -0.15) is 0 Å². The highest BCUT2D eigenvalue weighted by atomic mass is 32.2. The molecule has 0 radical (unpaired) electrons. The van der Waals surface area contributed by atoms with E-state index in [1.807, 2.05) is 6.07 Å². The second kappa shape index (κ2) is 6.55. The largest absolute Gasteiger partial charge is 0.360 e. The van der Waals surface area contributed by atoms with Crippen LogP contribution in [0.2, 0.25) is 0 Å². The third kappa shape index (κ3) is 2.87. The maximum absolute atomic E-state index is 4.96. The van der Waals surface area contributed by atoms with Crippen LogP contribution >= 0.6 is 11.8 Å². The molecule has 27 heavy (non-hydrogen) atoms. The molecule has 0 spiro atoms. The Morgan fingerprint density at radius 1 is 1.19 bits per heavy atom. The van der Waals surface area contributed by atoms with Crippen LogP contribution in [-0.4, -0.2) is 42.6 Å². The van der Waals surface area contributed by atoms with E-state index in [1.165, 1.54) is 17.5 Å². The van der Waals surface area contributed by atoms with Crippen molar-refractivity contribution in [3.05, 3.63) is 65.9 Å². The Bertz CT molecular complexity index is 1080. The number of nitrogens with one attached hydrogen (secondary N) is 2. The average Bonchev–Trinajstić information content (AvgIpc) is 3.37. The normalized spacial score (nSPS) is 17.2. The summed E-state index contributed by atoms with van der Waals surface area (Å²) in [5, 5.41) is 6.56. The lowest BCUT2D eigenvalue weighted by atomic mass is 9.99. The smallest absolute Gasteiger partial charge is 0.182 e. The number of thioether (sulfide) groups is 1. The molecule has 5 rings (SSSR count). The number of aromatic amines is 1. The van der Waals surface area contributed by atoms with Crippen LogP contribution in [0.5, 0.6) is 0 Å². The molecule has 0 saturated carbocycles. The van der Waals surface area contributed by atoms with Gasteiger partial charge in [0.05, 0.1) is 24.6 Å². The Hall–Kier alpha value is -3.13. The molecule has 3 aromatic rings. The van der Waals surface area contributed by atoms with E-state index >= 15 is 0 Å². The van der Waals surface area contributed by atoms with E-state index in [0.717, 1.165) is 28.7 Å². The van der Waals surface area contributed by atoms with Gasteiger partial charge in [-0.1, -0.05) is 42.1 Å². The topological polar surface area (TPSA) is 82.1 Å². The Kier molecular flexibility index (Phi) is 3.90. The number of imidazole rings is 1. The summed E-state index contributed by atoms with van der Waals surface area (Å²) >= 11 is 1.65. The Morgan fingerprint density at radius 3 is 2.96 bits per heavy atom. The molecule has 7 nitrogen and oxygen atoms in total. The van der Waals surface area contributed by atoms with Crippen LogP contribution in [0.15, 0.2) is 65.3 Å². The van der Waals surface area contributed by atoms with E-state index in [1.54, 1.807) is 18.1 Å². The first-order valence-corrected chi connectivity index (χ1v) is 9.55. The highest BCUT2D eigenvalue weighted by molar-refractivity contribution is 8.16. The second-order valence-corrected chi connectivity index (χ2v) is 7.22. The number of benzene rings is 1. The van der Waals surface area contributed by atoms with E-state index in [4.69, 9.17) is 4.99 Å². The lowest BCUT2D eigenvalue weighted by Gasteiger charge is -2.28. The highest BCUT2D eigenvalue weighted by Crippen LogP contribution is 2.34. The second-order valence-electron chi connectivity index (χ2n) is 6.34. The molecule has 2 aliphatic rings. The van der Waals surface area contributed by atoms with E-state index in [0.29, 0.717) is 5.65 Å². The summed E-state index contributed by atoms with van der Waals surface area (Å²) in [4.78, 5) is 23.0. The molecule has 1 atom stereocenters. The van der Waals surface area contributed by atoms with Gasteiger partial charge in [-0.25, -0.2) is 19.9 Å². The number of fused-ring (bicyclic) bond motifs is 2. The number of hydrogen-bond donors (Lipinski definition) is 2. The van der Waals surface area contributed by atoms with Gasteiger partial charge in [0.1, 0.15) is 11.8 Å². The minimum atomic E-state index is -0.0301. The molecule has 0 aliphatic carbocycles. The standard InChI is InChI=1S/C19H17N7S/c1-12(24-18-16-17(21-10-20-16)22-11-23-18)15-14(13-5-3-2-4-6-13)9-26-7-8-27-19(26)25-15/h2-8,10-12H,9H2,1H3,(H2,20,21,22,23,24). The number of anilines is 1. The average molecular weight is 375 g/mol. The van der Waals surface area contributed by atoms with Gasteiger partial charge in [0.15, 0.2) is 16.6 Å². The van der Waals surface area contributed by atoms with Crippen molar-refractivity contribution in [2.24, 2.45) is 4.99 Å². The van der Waals surface area contributed by atoms with Gasteiger partial charge in [0, 0.05) is 11.8 Å². The summed E-state index contributed by atoms with van der Waals surface area (Å²) in [5.41, 5.74) is 4.86. The molecule has 1 aromatic carbocycles. The van der Waals surface area contributed by atoms with Crippen LogP contribution in [0.25, 0.3) is 16.7 Å². The molecule has 4 heterocycles. The number of H-pyrrole nitrogens is 1. The minimum Gasteiger partial charge on any atom is -0.360 e. The number of aliphatic imine (C=N–C) groups is 1. The molecule has 2 N–H and O–H groups in total. The Balaban J connectivity index is 1.55. The van der Waals surface area contributed by atoms with Gasteiger partial charge in [-0.3, -0.25) is 0 Å². The summed E-state index contributed by atoms with van der Waals surface area (Å²) in [7, 11) is 0. The molecular weight excluding hydrogens is 358 g/mol. The van der Waals surface area contributed by atoms with Crippen LogP contribution in [0.3, 0.4) is 0 Å². The zero-order valence-corrected chi connectivity index (χ0v) is 15.4. The van der Waals surface area contributed by atoms with Crippen molar-refractivity contribution in [3.8, 4) is 0 Å². The summed E-state index contributed by atoms with van der Waals surface area (Å²) in [6.45, 7) is 2.91. The van der Waals surface area contributed by atoms with Crippen molar-refractivity contribution < 1.29 is 0 Å². The lowest BCUT2D eigenvalue weighted by molar-refractivity contribution is 0.631. The predicted octanol–water partition coefficient (Wildman–Crippen LogP) is 3.45. The first kappa shape index (κ1) is 16.1. The van der Waals surface area contributed by atoms with Gasteiger partial charge in [-0.15, -0.1) is 0 Å². The number of aromatic nitrogens is 4. The van der Waals surface area contributed by atoms with Gasteiger partial charge in [0.2, 0.25) is 0 Å². The number of hydrogen-bond acceptors (Lipinski definition) is 7. The van der Waals surface area contributed by atoms with E-state index in [9.17, 15) is 0 Å². The van der Waals surface area contributed by atoms with E-state index < -0.39 is 0 Å². The molecule has 1 unspecified atom stereocenters. The fourth-order valence-corrected chi connectivity index (χ4v) is 4.05. The van der Waals surface area contributed by atoms with Crippen molar-refractivity contribution in [3.63, 3.8) is 0 Å². The molecule has 134 valence electrons. The third-order valence-corrected chi connectivity index (χ3v) is 5.42. The SMILES string of the molecule is CC(Nc1ncnc2nc[nH]c12)C1=C(c2ccccc2)CN2C=CSC2=N1. The van der Waals surface area contributed by atoms with Crippen LogP contribution in [0.1, 0.15) is 12.5 Å². The molecule has 0 bridgehead atoms. The molecule has 0 fully saturated rings. The first-order valence-electron chi connectivity index (χ1n) is 8.67. The quantitative estimate of drug-likeness (QED) is 0.727. The summed E-state index contributed by atoms with van der Waals surface area (Å²) in [6.07, 6.45) is 5.24. The lowest BCUT2D eigenvalue weighted by Crippen LogP contribution is -2.30. The van der Waals surface area contributed by atoms with Crippen molar-refractivity contribution in [1.29, 1.82) is 0 Å². The number of rotatable bonds is 4. The first-order chi connectivity index (χ1) is 13.3. The fraction of sp³-hybridized carbons (Fsp3) is 0.158. The molecule has 0 saturated heterocycles. The molecule has 0 amide bonds. The van der Waals surface area contributed by atoms with Gasteiger partial charge >= 0.3 is 0 Å².